The molecule has 1 aromatic carbocycles. The Morgan fingerprint density at radius 2 is 2.08 bits per heavy atom. The molecule has 3 rings (SSSR count). The summed E-state index contributed by atoms with van der Waals surface area (Å²) in [7, 11) is 0. The van der Waals surface area contributed by atoms with Crippen molar-refractivity contribution in [2.45, 2.75) is 45.6 Å². The molecule has 0 aliphatic carbocycles. The second-order valence-electron chi connectivity index (χ2n) is 7.84. The summed E-state index contributed by atoms with van der Waals surface area (Å²) in [5, 5.41) is 3.53. The highest BCUT2D eigenvalue weighted by Gasteiger charge is 2.31. The zero-order chi connectivity index (χ0) is 16.1. The highest BCUT2D eigenvalue weighted by molar-refractivity contribution is 5.85. The van der Waals surface area contributed by atoms with Crippen molar-refractivity contribution < 1.29 is 4.74 Å². The normalized spacial score (nSPS) is 26.7. The van der Waals surface area contributed by atoms with Gasteiger partial charge in [-0.2, -0.15) is 0 Å². The second-order valence-corrected chi connectivity index (χ2v) is 7.84. The van der Waals surface area contributed by atoms with Gasteiger partial charge in [-0.05, 0) is 50.1 Å². The van der Waals surface area contributed by atoms with Crippen LogP contribution in [0.1, 0.15) is 37.3 Å². The molecule has 2 aliphatic rings. The first kappa shape index (κ1) is 19.7. The van der Waals surface area contributed by atoms with Gasteiger partial charge in [0.1, 0.15) is 0 Å². The fraction of sp³-hybridized carbons (Fsp3) is 0.700. The smallest absolute Gasteiger partial charge is 0.0702 e. The lowest BCUT2D eigenvalue weighted by molar-refractivity contribution is 0.0595. The molecule has 2 unspecified atom stereocenters. The molecule has 24 heavy (non-hydrogen) atoms. The number of nitrogens with one attached hydrogen (secondary N) is 1. The predicted molar refractivity (Wildman–Crippen MR) is 103 cm³/mol. The molecule has 0 bridgehead atoms. The number of nitrogens with zero attached hydrogens (tertiary/aromatic N) is 1. The Bertz CT molecular complexity index is 479. The summed E-state index contributed by atoms with van der Waals surface area (Å²) in [6.45, 7) is 11.3. The molecule has 0 amide bonds. The van der Waals surface area contributed by atoms with Crippen LogP contribution >= 0.6 is 12.4 Å². The van der Waals surface area contributed by atoms with E-state index in [0.29, 0.717) is 11.5 Å². The first-order valence-electron chi connectivity index (χ1n) is 9.23. The molecule has 1 aromatic rings. The van der Waals surface area contributed by atoms with E-state index in [2.05, 4.69) is 48.3 Å². The molecule has 2 saturated heterocycles. The van der Waals surface area contributed by atoms with E-state index in [1.54, 1.807) is 0 Å². The van der Waals surface area contributed by atoms with Crippen molar-refractivity contribution in [3.05, 3.63) is 35.4 Å². The van der Waals surface area contributed by atoms with Crippen molar-refractivity contribution in [1.82, 2.24) is 10.2 Å². The molecule has 2 atom stereocenters. The summed E-state index contributed by atoms with van der Waals surface area (Å²) in [4.78, 5) is 2.66. The third-order valence-corrected chi connectivity index (χ3v) is 5.39. The van der Waals surface area contributed by atoms with E-state index in [-0.39, 0.29) is 12.4 Å². The highest BCUT2D eigenvalue weighted by atomic mass is 35.5. The van der Waals surface area contributed by atoms with Crippen molar-refractivity contribution >= 4 is 12.4 Å². The number of rotatable bonds is 7. The number of hydrogen-bond donors (Lipinski definition) is 1. The van der Waals surface area contributed by atoms with E-state index in [1.165, 1.54) is 43.5 Å². The summed E-state index contributed by atoms with van der Waals surface area (Å²) < 4.78 is 5.89. The molecule has 136 valence electrons. The van der Waals surface area contributed by atoms with Crippen molar-refractivity contribution in [2.75, 3.05) is 39.3 Å². The predicted octanol–water partition coefficient (Wildman–Crippen LogP) is 3.44. The van der Waals surface area contributed by atoms with Crippen LogP contribution in [0, 0.1) is 12.3 Å². The molecule has 0 radical (unpaired) electrons. The maximum Gasteiger partial charge on any atom is 0.0702 e. The summed E-state index contributed by atoms with van der Waals surface area (Å²) in [6, 6.07) is 9.00. The van der Waals surface area contributed by atoms with Crippen LogP contribution in [0.3, 0.4) is 0 Å². The number of aryl methyl sites for hydroxylation is 1. The van der Waals surface area contributed by atoms with Crippen LogP contribution in [0.25, 0.3) is 0 Å². The van der Waals surface area contributed by atoms with Gasteiger partial charge in [-0.1, -0.05) is 36.8 Å². The van der Waals surface area contributed by atoms with Crippen molar-refractivity contribution in [3.63, 3.8) is 0 Å². The van der Waals surface area contributed by atoms with Crippen LogP contribution in [0.2, 0.25) is 0 Å². The summed E-state index contributed by atoms with van der Waals surface area (Å²) in [6.07, 6.45) is 5.34. The summed E-state index contributed by atoms with van der Waals surface area (Å²) in [5.41, 5.74) is 3.21. The Balaban J connectivity index is 0.00000208. The minimum absolute atomic E-state index is 0. The third kappa shape index (κ3) is 5.73. The zero-order valence-corrected chi connectivity index (χ0v) is 16.0. The Kier molecular flexibility index (Phi) is 7.55. The number of hydrogen-bond acceptors (Lipinski definition) is 3. The number of halogens is 1. The molecular formula is C20H33ClN2O. The van der Waals surface area contributed by atoms with Gasteiger partial charge in [0.2, 0.25) is 0 Å². The summed E-state index contributed by atoms with van der Waals surface area (Å²) in [5.74, 6) is 0. The van der Waals surface area contributed by atoms with Gasteiger partial charge in [0.15, 0.2) is 0 Å². The van der Waals surface area contributed by atoms with Crippen LogP contribution in [-0.4, -0.2) is 50.3 Å². The Labute approximate surface area is 153 Å². The third-order valence-electron chi connectivity index (χ3n) is 5.39. The number of ether oxygens (including phenoxy) is 1. The van der Waals surface area contributed by atoms with Gasteiger partial charge in [-0.25, -0.2) is 0 Å². The van der Waals surface area contributed by atoms with Gasteiger partial charge < -0.3 is 10.1 Å². The van der Waals surface area contributed by atoms with E-state index >= 15 is 0 Å². The van der Waals surface area contributed by atoms with Gasteiger partial charge in [0.25, 0.3) is 0 Å². The van der Waals surface area contributed by atoms with Crippen LogP contribution in [0.5, 0.6) is 0 Å². The lowest BCUT2D eigenvalue weighted by Gasteiger charge is -2.33. The first-order valence-corrected chi connectivity index (χ1v) is 9.23. The Morgan fingerprint density at radius 1 is 1.29 bits per heavy atom. The van der Waals surface area contributed by atoms with Crippen LogP contribution in [0.4, 0.5) is 0 Å². The fourth-order valence-electron chi connectivity index (χ4n) is 3.90. The van der Waals surface area contributed by atoms with E-state index in [0.717, 1.165) is 32.7 Å². The van der Waals surface area contributed by atoms with E-state index in [9.17, 15) is 0 Å². The molecule has 0 saturated carbocycles. The lowest BCUT2D eigenvalue weighted by atomic mass is 9.89. The molecule has 4 heteroatoms. The minimum atomic E-state index is 0. The fourth-order valence-corrected chi connectivity index (χ4v) is 3.90. The van der Waals surface area contributed by atoms with E-state index in [1.807, 2.05) is 0 Å². The average molecular weight is 353 g/mol. The molecule has 2 fully saturated rings. The molecule has 3 nitrogen and oxygen atoms in total. The van der Waals surface area contributed by atoms with Crippen molar-refractivity contribution in [3.8, 4) is 0 Å². The van der Waals surface area contributed by atoms with Crippen molar-refractivity contribution in [1.29, 1.82) is 0 Å². The van der Waals surface area contributed by atoms with E-state index < -0.39 is 0 Å². The largest absolute Gasteiger partial charge is 0.377 e. The average Bonchev–Trinajstić information content (AvgIpc) is 3.18. The Morgan fingerprint density at radius 3 is 2.71 bits per heavy atom. The molecule has 0 aromatic heterocycles. The standard InChI is InChI=1S/C20H32N2O.ClH/c1-17-5-7-18(8-6-17)9-12-22(14-19-4-3-13-23-19)16-20(2)10-11-21-15-20;/h5-8,19,21H,3-4,9-16H2,1-2H3;1H. The second kappa shape index (κ2) is 9.19. The minimum Gasteiger partial charge on any atom is -0.377 e. The number of benzene rings is 1. The van der Waals surface area contributed by atoms with Gasteiger partial charge in [-0.3, -0.25) is 4.90 Å². The molecule has 1 N–H and O–H groups in total. The van der Waals surface area contributed by atoms with Crippen LogP contribution < -0.4 is 5.32 Å². The SMILES string of the molecule is Cc1ccc(CCN(CC2CCCO2)CC2(C)CCNC2)cc1.Cl. The Hall–Kier alpha value is -0.610. The summed E-state index contributed by atoms with van der Waals surface area (Å²) >= 11 is 0. The quantitative estimate of drug-likeness (QED) is 0.813. The van der Waals surface area contributed by atoms with Gasteiger partial charge in [-0.15, -0.1) is 12.4 Å². The molecular weight excluding hydrogens is 320 g/mol. The lowest BCUT2D eigenvalue weighted by Crippen LogP contribution is -2.42. The molecule has 0 spiro atoms. The first-order chi connectivity index (χ1) is 11.1. The van der Waals surface area contributed by atoms with Crippen molar-refractivity contribution in [2.24, 2.45) is 5.41 Å². The van der Waals surface area contributed by atoms with Gasteiger partial charge in [0.05, 0.1) is 6.10 Å². The van der Waals surface area contributed by atoms with E-state index in [4.69, 9.17) is 4.74 Å². The zero-order valence-electron chi connectivity index (χ0n) is 15.2. The van der Waals surface area contributed by atoms with Crippen LogP contribution in [-0.2, 0) is 11.2 Å². The van der Waals surface area contributed by atoms with Gasteiger partial charge in [0, 0.05) is 32.8 Å². The van der Waals surface area contributed by atoms with Crippen LogP contribution in [0.15, 0.2) is 24.3 Å². The maximum atomic E-state index is 5.89. The van der Waals surface area contributed by atoms with Gasteiger partial charge >= 0.3 is 0 Å². The molecule has 2 heterocycles. The monoisotopic (exact) mass is 352 g/mol. The molecule has 2 aliphatic heterocycles. The maximum absolute atomic E-state index is 5.89. The topological polar surface area (TPSA) is 24.5 Å². The highest BCUT2D eigenvalue weighted by Crippen LogP contribution is 2.26.